The lowest BCUT2D eigenvalue weighted by atomic mass is 9.52. The van der Waals surface area contributed by atoms with Gasteiger partial charge < -0.3 is 39.4 Å². The Bertz CT molecular complexity index is 1150. The molecule has 1 heterocycles. The molecule has 0 amide bonds. The third-order valence-corrected chi connectivity index (χ3v) is 9.23. The molecule has 4 rings (SSSR count). The number of esters is 2. The van der Waals surface area contributed by atoms with Gasteiger partial charge in [-0.25, -0.2) is 4.79 Å². The van der Waals surface area contributed by atoms with Gasteiger partial charge in [0.25, 0.3) is 0 Å². The first-order valence-electron chi connectivity index (χ1n) is 13.2. The maximum absolute atomic E-state index is 13.5. The summed E-state index contributed by atoms with van der Waals surface area (Å²) in [7, 11) is 0. The van der Waals surface area contributed by atoms with Crippen LogP contribution in [0.3, 0.4) is 0 Å². The van der Waals surface area contributed by atoms with Crippen molar-refractivity contribution in [2.75, 3.05) is 6.61 Å². The van der Waals surface area contributed by atoms with Crippen LogP contribution in [0.15, 0.2) is 41.5 Å². The van der Waals surface area contributed by atoms with Crippen molar-refractivity contribution in [3.63, 3.8) is 0 Å². The molecule has 0 aromatic heterocycles. The Balaban J connectivity index is 1.93. The standard InChI is InChI=1S/C29H38O10/c1-15-19(32)11-22-28(14-37-22,39-17(3)31)24(15)25(38-26(35)18-9-7-6-8-10-18)29(36)12-20(33)16(2)23(21(34)13-30)27(29,4)5/h6-10,13,15,19-22,24-25,32-34,36H,11-12,14H2,1-5H3/t15-,19-,20-,21-,22+,24?,25-,28-,29+/m0/s1. The van der Waals surface area contributed by atoms with Gasteiger partial charge >= 0.3 is 11.9 Å². The van der Waals surface area contributed by atoms with Crippen molar-refractivity contribution in [3.05, 3.63) is 47.0 Å². The molecule has 0 spiro atoms. The Morgan fingerprint density at radius 1 is 1.18 bits per heavy atom. The molecule has 1 unspecified atom stereocenters. The lowest BCUT2D eigenvalue weighted by Gasteiger charge is -2.63. The third kappa shape index (κ3) is 4.62. The lowest BCUT2D eigenvalue weighted by Crippen LogP contribution is -2.76. The Kier molecular flexibility index (Phi) is 7.83. The fraction of sp³-hybridized carbons (Fsp3) is 0.621. The number of hydrogen-bond acceptors (Lipinski definition) is 10. The highest BCUT2D eigenvalue weighted by Crippen LogP contribution is 2.58. The number of aliphatic hydroxyl groups excluding tert-OH is 3. The van der Waals surface area contributed by atoms with Crippen LogP contribution in [-0.2, 0) is 23.8 Å². The first kappa shape index (κ1) is 29.4. The number of aldehydes is 1. The van der Waals surface area contributed by atoms with Crippen LogP contribution < -0.4 is 0 Å². The van der Waals surface area contributed by atoms with Crippen molar-refractivity contribution < 1.29 is 49.0 Å². The highest BCUT2D eigenvalue weighted by atomic mass is 16.6. The second-order valence-electron chi connectivity index (χ2n) is 11.7. The molecule has 39 heavy (non-hydrogen) atoms. The third-order valence-electron chi connectivity index (χ3n) is 9.23. The van der Waals surface area contributed by atoms with E-state index in [1.807, 2.05) is 0 Å². The second-order valence-corrected chi connectivity index (χ2v) is 11.7. The predicted molar refractivity (Wildman–Crippen MR) is 137 cm³/mol. The first-order chi connectivity index (χ1) is 18.2. The summed E-state index contributed by atoms with van der Waals surface area (Å²) < 4.78 is 17.7. The van der Waals surface area contributed by atoms with E-state index in [-0.39, 0.29) is 30.6 Å². The van der Waals surface area contributed by atoms with Gasteiger partial charge in [-0.15, -0.1) is 0 Å². The van der Waals surface area contributed by atoms with E-state index >= 15 is 0 Å². The van der Waals surface area contributed by atoms with Crippen LogP contribution >= 0.6 is 0 Å². The molecule has 10 nitrogen and oxygen atoms in total. The smallest absolute Gasteiger partial charge is 0.338 e. The van der Waals surface area contributed by atoms with Crippen molar-refractivity contribution >= 4 is 18.2 Å². The Hall–Kier alpha value is -2.63. The first-order valence-corrected chi connectivity index (χ1v) is 13.2. The minimum atomic E-state index is -2.08. The van der Waals surface area contributed by atoms with Gasteiger partial charge in [0.2, 0.25) is 0 Å². The van der Waals surface area contributed by atoms with Gasteiger partial charge in [0, 0.05) is 31.1 Å². The fourth-order valence-electron chi connectivity index (χ4n) is 7.00. The summed E-state index contributed by atoms with van der Waals surface area (Å²) in [6.45, 7) is 7.69. The minimum absolute atomic E-state index is 0.0455. The highest BCUT2D eigenvalue weighted by molar-refractivity contribution is 5.89. The number of rotatable bonds is 7. The van der Waals surface area contributed by atoms with E-state index in [1.165, 1.54) is 6.92 Å². The summed E-state index contributed by atoms with van der Waals surface area (Å²) in [6.07, 6.45) is -5.87. The maximum Gasteiger partial charge on any atom is 0.338 e. The summed E-state index contributed by atoms with van der Waals surface area (Å²) in [4.78, 5) is 37.6. The molecule has 2 aliphatic carbocycles. The van der Waals surface area contributed by atoms with Gasteiger partial charge in [-0.2, -0.15) is 0 Å². The zero-order valence-electron chi connectivity index (χ0n) is 22.9. The summed E-state index contributed by atoms with van der Waals surface area (Å²) in [5, 5.41) is 45.4. The van der Waals surface area contributed by atoms with Gasteiger partial charge in [0.1, 0.15) is 23.9 Å². The number of carbonyl (C=O) groups is 3. The van der Waals surface area contributed by atoms with E-state index in [0.717, 1.165) is 0 Å². The number of carbonyl (C=O) groups excluding carboxylic acids is 3. The van der Waals surface area contributed by atoms with Crippen molar-refractivity contribution in [1.29, 1.82) is 0 Å². The molecular weight excluding hydrogens is 508 g/mol. The molecule has 1 saturated heterocycles. The van der Waals surface area contributed by atoms with E-state index in [9.17, 15) is 34.8 Å². The van der Waals surface area contributed by atoms with Gasteiger partial charge in [-0.3, -0.25) is 4.79 Å². The van der Waals surface area contributed by atoms with Crippen molar-refractivity contribution in [3.8, 4) is 0 Å². The summed E-state index contributed by atoms with van der Waals surface area (Å²) in [5.74, 6) is -3.00. The molecule has 0 bridgehead atoms. The maximum atomic E-state index is 13.5. The van der Waals surface area contributed by atoms with Gasteiger partial charge in [0.15, 0.2) is 11.9 Å². The molecule has 10 heteroatoms. The van der Waals surface area contributed by atoms with Gasteiger partial charge in [0.05, 0.1) is 24.4 Å². The zero-order chi connectivity index (χ0) is 28.9. The molecule has 1 saturated carbocycles. The minimum Gasteiger partial charge on any atom is -0.455 e. The lowest BCUT2D eigenvalue weighted by molar-refractivity contribution is -0.332. The van der Waals surface area contributed by atoms with Crippen LogP contribution in [0.25, 0.3) is 0 Å². The van der Waals surface area contributed by atoms with Crippen LogP contribution in [0.5, 0.6) is 0 Å². The SMILES string of the molecule is CC(=O)O[C@@]12CO[C@@H]1C[C@H](O)[C@H](C)C2[C@H](OC(=O)c1ccccc1)[C@]1(O)C[C@H](O)C(C)=C([C@@H](O)C=O)C1(C)C. The van der Waals surface area contributed by atoms with Crippen molar-refractivity contribution in [2.24, 2.45) is 17.3 Å². The molecule has 3 aliphatic rings. The molecule has 0 radical (unpaired) electrons. The van der Waals surface area contributed by atoms with Crippen LogP contribution in [0.1, 0.15) is 57.8 Å². The molecule has 2 fully saturated rings. The molecule has 1 aromatic rings. The normalized spacial score (nSPS) is 37.1. The quantitative estimate of drug-likeness (QED) is 0.223. The number of benzene rings is 1. The zero-order valence-corrected chi connectivity index (χ0v) is 22.9. The summed E-state index contributed by atoms with van der Waals surface area (Å²) in [5.41, 5.74) is -4.20. The largest absolute Gasteiger partial charge is 0.455 e. The number of fused-ring (bicyclic) bond motifs is 1. The van der Waals surface area contributed by atoms with E-state index in [4.69, 9.17) is 14.2 Å². The summed E-state index contributed by atoms with van der Waals surface area (Å²) in [6, 6.07) is 8.14. The fourth-order valence-corrected chi connectivity index (χ4v) is 7.00. The molecule has 214 valence electrons. The Morgan fingerprint density at radius 3 is 2.36 bits per heavy atom. The topological polar surface area (TPSA) is 160 Å². The Morgan fingerprint density at radius 2 is 1.82 bits per heavy atom. The summed E-state index contributed by atoms with van der Waals surface area (Å²) >= 11 is 0. The average molecular weight is 547 g/mol. The van der Waals surface area contributed by atoms with E-state index in [1.54, 1.807) is 58.0 Å². The monoisotopic (exact) mass is 546 g/mol. The van der Waals surface area contributed by atoms with Crippen LogP contribution in [0.4, 0.5) is 0 Å². The number of ether oxygens (including phenoxy) is 3. The van der Waals surface area contributed by atoms with E-state index in [0.29, 0.717) is 11.9 Å². The molecule has 1 aromatic carbocycles. The Labute approximate surface area is 227 Å². The van der Waals surface area contributed by atoms with Crippen LogP contribution in [-0.4, -0.2) is 87.0 Å². The molecular formula is C29H38O10. The molecule has 1 aliphatic heterocycles. The molecule has 4 N–H and O–H groups in total. The highest BCUT2D eigenvalue weighted by Gasteiger charge is 2.70. The van der Waals surface area contributed by atoms with Gasteiger partial charge in [-0.05, 0) is 36.1 Å². The van der Waals surface area contributed by atoms with Crippen molar-refractivity contribution in [2.45, 2.75) is 89.2 Å². The van der Waals surface area contributed by atoms with Gasteiger partial charge in [-0.1, -0.05) is 39.0 Å². The van der Waals surface area contributed by atoms with E-state index < -0.39 is 70.9 Å². The van der Waals surface area contributed by atoms with Crippen LogP contribution in [0, 0.1) is 17.3 Å². The number of aliphatic hydroxyl groups is 4. The van der Waals surface area contributed by atoms with Crippen molar-refractivity contribution in [1.82, 2.24) is 0 Å². The predicted octanol–water partition coefficient (Wildman–Crippen LogP) is 1.33. The van der Waals surface area contributed by atoms with E-state index in [2.05, 4.69) is 0 Å². The second kappa shape index (κ2) is 10.4. The molecule has 9 atom stereocenters. The average Bonchev–Trinajstić information content (AvgIpc) is 2.87. The number of hydrogen-bond donors (Lipinski definition) is 4. The van der Waals surface area contributed by atoms with Crippen LogP contribution in [0.2, 0.25) is 0 Å².